The number of rotatable bonds is 12. The third-order valence-electron chi connectivity index (χ3n) is 5.82. The Morgan fingerprint density at radius 1 is 0.963 bits per heavy atom. The number of hydrogen-bond acceptors (Lipinski definition) is 4. The highest BCUT2D eigenvalue weighted by Crippen LogP contribution is 2.38. The summed E-state index contributed by atoms with van der Waals surface area (Å²) in [6.45, 7) is 0.232. The number of allylic oxidation sites excluding steroid dienone is 2. The maximum Gasteiger partial charge on any atom is 0.0599 e. The largest absolute Gasteiger partial charge is 0.396 e. The first-order valence-electron chi connectivity index (χ1n) is 10.5. The van der Waals surface area contributed by atoms with Gasteiger partial charge in [0.1, 0.15) is 0 Å². The molecule has 0 saturated heterocycles. The van der Waals surface area contributed by atoms with E-state index in [1.165, 1.54) is 5.56 Å². The molecule has 4 heteroatoms. The summed E-state index contributed by atoms with van der Waals surface area (Å²) in [5.41, 5.74) is 1.23. The summed E-state index contributed by atoms with van der Waals surface area (Å²) in [7, 11) is 0. The van der Waals surface area contributed by atoms with Gasteiger partial charge in [0.25, 0.3) is 0 Å². The summed E-state index contributed by atoms with van der Waals surface area (Å²) < 4.78 is 0. The van der Waals surface area contributed by atoms with Crippen LogP contribution in [0.5, 0.6) is 0 Å². The predicted molar refractivity (Wildman–Crippen MR) is 108 cm³/mol. The molecule has 0 radical (unpaired) electrons. The third-order valence-corrected chi connectivity index (χ3v) is 5.82. The van der Waals surface area contributed by atoms with Gasteiger partial charge in [-0.15, -0.1) is 0 Å². The molecular formula is C23H36O4. The Kier molecular flexibility index (Phi) is 10.1. The van der Waals surface area contributed by atoms with E-state index in [-0.39, 0.29) is 24.5 Å². The van der Waals surface area contributed by atoms with Crippen molar-refractivity contribution in [2.45, 2.75) is 76.1 Å². The summed E-state index contributed by atoms with van der Waals surface area (Å²) in [5.74, 6) is 0.115. The molecule has 1 aromatic rings. The summed E-state index contributed by atoms with van der Waals surface area (Å²) >= 11 is 0. The Balaban J connectivity index is 1.74. The summed E-state index contributed by atoms with van der Waals surface area (Å²) in [6, 6.07) is 10.2. The van der Waals surface area contributed by atoms with Crippen LogP contribution < -0.4 is 0 Å². The van der Waals surface area contributed by atoms with Crippen molar-refractivity contribution in [1.29, 1.82) is 0 Å². The van der Waals surface area contributed by atoms with Crippen molar-refractivity contribution in [2.24, 2.45) is 11.8 Å². The molecular weight excluding hydrogens is 340 g/mol. The summed E-state index contributed by atoms with van der Waals surface area (Å²) in [6.07, 6.45) is 9.83. The zero-order chi connectivity index (χ0) is 19.5. The minimum atomic E-state index is -0.478. The topological polar surface area (TPSA) is 80.9 Å². The second kappa shape index (κ2) is 12.3. The predicted octanol–water partition coefficient (Wildman–Crippen LogP) is 3.23. The van der Waals surface area contributed by atoms with E-state index in [1.807, 2.05) is 18.2 Å². The van der Waals surface area contributed by atoms with Crippen LogP contribution in [0.25, 0.3) is 0 Å². The van der Waals surface area contributed by atoms with Crippen molar-refractivity contribution >= 4 is 0 Å². The molecule has 1 aliphatic rings. The van der Waals surface area contributed by atoms with E-state index in [4.69, 9.17) is 5.11 Å². The highest BCUT2D eigenvalue weighted by Gasteiger charge is 2.40. The first-order chi connectivity index (χ1) is 13.1. The second-order valence-electron chi connectivity index (χ2n) is 7.88. The van der Waals surface area contributed by atoms with Gasteiger partial charge in [-0.1, -0.05) is 42.5 Å². The average Bonchev–Trinajstić information content (AvgIpc) is 2.94. The highest BCUT2D eigenvalue weighted by molar-refractivity contribution is 5.14. The van der Waals surface area contributed by atoms with Crippen molar-refractivity contribution < 1.29 is 20.4 Å². The lowest BCUT2D eigenvalue weighted by molar-refractivity contribution is 0.0857. The van der Waals surface area contributed by atoms with Crippen LogP contribution in [-0.4, -0.2) is 45.3 Å². The van der Waals surface area contributed by atoms with E-state index in [1.54, 1.807) is 0 Å². The van der Waals surface area contributed by atoms with E-state index in [2.05, 4.69) is 24.3 Å². The average molecular weight is 377 g/mol. The van der Waals surface area contributed by atoms with Gasteiger partial charge in [-0.25, -0.2) is 0 Å². The first kappa shape index (κ1) is 22.1. The Hall–Kier alpha value is -1.20. The van der Waals surface area contributed by atoms with Gasteiger partial charge in [0, 0.05) is 6.61 Å². The quantitative estimate of drug-likeness (QED) is 0.333. The molecule has 4 nitrogen and oxygen atoms in total. The maximum atomic E-state index is 10.3. The van der Waals surface area contributed by atoms with Gasteiger partial charge in [0.15, 0.2) is 0 Å². The van der Waals surface area contributed by atoms with Crippen molar-refractivity contribution in [1.82, 2.24) is 0 Å². The van der Waals surface area contributed by atoms with Crippen molar-refractivity contribution in [2.75, 3.05) is 6.61 Å². The molecule has 2 rings (SSSR count). The fraction of sp³-hybridized carbons (Fsp3) is 0.652. The molecule has 0 bridgehead atoms. The molecule has 1 aliphatic carbocycles. The number of aryl methyl sites for hydroxylation is 1. The first-order valence-corrected chi connectivity index (χ1v) is 10.5. The van der Waals surface area contributed by atoms with Gasteiger partial charge in [-0.2, -0.15) is 0 Å². The standard InChI is InChI=1S/C23H36O4/c24-16-8-3-1-2-7-11-20-21(23(27)17-22(20)26)15-14-19(25)13-12-18-9-5-4-6-10-18/h2,4-7,9-10,19-27H,1,3,8,11-17H2/b7-2+/t19-,20+,21+,22-,23+/m0/s1. The molecule has 152 valence electrons. The van der Waals surface area contributed by atoms with E-state index in [9.17, 15) is 15.3 Å². The van der Waals surface area contributed by atoms with Crippen LogP contribution in [0.1, 0.15) is 56.9 Å². The van der Waals surface area contributed by atoms with Crippen molar-refractivity contribution in [3.8, 4) is 0 Å². The lowest BCUT2D eigenvalue weighted by atomic mass is 9.85. The van der Waals surface area contributed by atoms with Gasteiger partial charge in [0.2, 0.25) is 0 Å². The number of aliphatic hydroxyl groups excluding tert-OH is 4. The fourth-order valence-electron chi connectivity index (χ4n) is 4.16. The van der Waals surface area contributed by atoms with Crippen molar-refractivity contribution in [3.05, 3.63) is 48.0 Å². The molecule has 0 aliphatic heterocycles. The lowest BCUT2D eigenvalue weighted by Crippen LogP contribution is -2.23. The van der Waals surface area contributed by atoms with E-state index < -0.39 is 12.2 Å². The zero-order valence-corrected chi connectivity index (χ0v) is 16.3. The van der Waals surface area contributed by atoms with Crippen LogP contribution in [0, 0.1) is 11.8 Å². The fourth-order valence-corrected chi connectivity index (χ4v) is 4.16. The monoisotopic (exact) mass is 376 g/mol. The van der Waals surface area contributed by atoms with Gasteiger partial charge in [0.05, 0.1) is 18.3 Å². The molecule has 0 spiro atoms. The minimum absolute atomic E-state index is 0.0495. The molecule has 5 atom stereocenters. The molecule has 0 amide bonds. The van der Waals surface area contributed by atoms with Crippen molar-refractivity contribution in [3.63, 3.8) is 0 Å². The SMILES string of the molecule is OCCCC/C=C/C[C@@H]1[C@@H](CC[C@@H](O)CCc2ccccc2)[C@H](O)C[C@@H]1O. The van der Waals surface area contributed by atoms with Crippen LogP contribution in [0.2, 0.25) is 0 Å². The van der Waals surface area contributed by atoms with Crippen LogP contribution in [0.4, 0.5) is 0 Å². The molecule has 27 heavy (non-hydrogen) atoms. The summed E-state index contributed by atoms with van der Waals surface area (Å²) in [4.78, 5) is 0. The number of hydrogen-bond donors (Lipinski definition) is 4. The maximum absolute atomic E-state index is 10.3. The smallest absolute Gasteiger partial charge is 0.0599 e. The van der Waals surface area contributed by atoms with Crippen LogP contribution >= 0.6 is 0 Å². The van der Waals surface area contributed by atoms with E-state index >= 15 is 0 Å². The van der Waals surface area contributed by atoms with E-state index in [0.717, 1.165) is 44.9 Å². The molecule has 1 aromatic carbocycles. The lowest BCUT2D eigenvalue weighted by Gasteiger charge is -2.23. The molecule has 0 unspecified atom stereocenters. The molecule has 4 N–H and O–H groups in total. The third kappa shape index (κ3) is 7.74. The molecule has 0 heterocycles. The Labute approximate surface area is 163 Å². The van der Waals surface area contributed by atoms with E-state index in [0.29, 0.717) is 12.8 Å². The van der Waals surface area contributed by atoms with Gasteiger partial charge >= 0.3 is 0 Å². The number of benzene rings is 1. The number of unbranched alkanes of at least 4 members (excludes halogenated alkanes) is 2. The highest BCUT2D eigenvalue weighted by atomic mass is 16.3. The van der Waals surface area contributed by atoms with Gasteiger partial charge in [-0.05, 0) is 75.2 Å². The van der Waals surface area contributed by atoms with Crippen LogP contribution in [-0.2, 0) is 6.42 Å². The van der Waals surface area contributed by atoms with Crippen LogP contribution in [0.3, 0.4) is 0 Å². The number of aliphatic hydroxyl groups is 4. The molecule has 1 saturated carbocycles. The molecule has 0 aromatic heterocycles. The second-order valence-corrected chi connectivity index (χ2v) is 7.88. The van der Waals surface area contributed by atoms with Crippen LogP contribution in [0.15, 0.2) is 42.5 Å². The summed E-state index contributed by atoms with van der Waals surface area (Å²) in [5, 5.41) is 39.8. The molecule has 1 fully saturated rings. The van der Waals surface area contributed by atoms with Gasteiger partial charge in [-0.3, -0.25) is 0 Å². The van der Waals surface area contributed by atoms with Gasteiger partial charge < -0.3 is 20.4 Å². The normalized spacial score (nSPS) is 26.7. The Bertz CT molecular complexity index is 530. The Morgan fingerprint density at radius 3 is 2.44 bits per heavy atom. The Morgan fingerprint density at radius 2 is 1.70 bits per heavy atom. The zero-order valence-electron chi connectivity index (χ0n) is 16.3. The minimum Gasteiger partial charge on any atom is -0.396 e.